The van der Waals surface area contributed by atoms with Crippen LogP contribution in [0.25, 0.3) is 0 Å². The Morgan fingerprint density at radius 2 is 1.64 bits per heavy atom. The van der Waals surface area contributed by atoms with Crippen LogP contribution in [0.15, 0.2) is 71.9 Å². The van der Waals surface area contributed by atoms with Crippen LogP contribution >= 0.6 is 0 Å². The highest BCUT2D eigenvalue weighted by molar-refractivity contribution is 6.24. The second-order valence-corrected chi connectivity index (χ2v) is 10.3. The Morgan fingerprint density at radius 1 is 0.978 bits per heavy atom. The zero-order valence-electron chi connectivity index (χ0n) is 24.7. The number of rotatable bonds is 9. The third kappa shape index (κ3) is 6.00. The lowest BCUT2D eigenvalue weighted by molar-refractivity contribution is -0.116. The Morgan fingerprint density at radius 3 is 2.27 bits per heavy atom. The first kappa shape index (κ1) is 31.3. The van der Waals surface area contributed by atoms with E-state index >= 15 is 4.39 Å². The molecule has 5 amide bonds. The third-order valence-electron chi connectivity index (χ3n) is 7.13. The van der Waals surface area contributed by atoms with E-state index in [-0.39, 0.29) is 23.6 Å². The molecule has 236 valence electrons. The SMILES string of the molecule is CONC(=O)Nc1ccc(N2NC3C(=C2CN(C)C)C(=O)N(c2cccc(OC)c2F)C(=O)N3Cc2c(F)cccc2F)cc1. The number of nitrogens with zero attached hydrogens (tertiary/aromatic N) is 4. The molecule has 3 aromatic carbocycles. The van der Waals surface area contributed by atoms with Crippen molar-refractivity contribution >= 4 is 35.0 Å². The molecule has 0 spiro atoms. The minimum atomic E-state index is -1.19. The molecule has 45 heavy (non-hydrogen) atoms. The number of likely N-dealkylation sites (N-methyl/N-ethyl adjacent to an activating group) is 1. The van der Waals surface area contributed by atoms with Crippen LogP contribution < -0.4 is 30.9 Å². The molecule has 0 bridgehead atoms. The highest BCUT2D eigenvalue weighted by Crippen LogP contribution is 2.39. The van der Waals surface area contributed by atoms with Crippen molar-refractivity contribution in [3.63, 3.8) is 0 Å². The molecule has 1 atom stereocenters. The van der Waals surface area contributed by atoms with E-state index in [2.05, 4.69) is 21.1 Å². The van der Waals surface area contributed by atoms with Crippen molar-refractivity contribution in [2.45, 2.75) is 12.7 Å². The molecule has 15 heteroatoms. The number of ether oxygens (including phenoxy) is 1. The largest absolute Gasteiger partial charge is 0.494 e. The predicted molar refractivity (Wildman–Crippen MR) is 158 cm³/mol. The average Bonchev–Trinajstić information content (AvgIpc) is 3.36. The maximum atomic E-state index is 15.6. The molecule has 3 aromatic rings. The number of carbonyl (C=O) groups is 3. The number of imide groups is 1. The quantitative estimate of drug-likeness (QED) is 0.307. The van der Waals surface area contributed by atoms with Crippen LogP contribution in [-0.2, 0) is 16.2 Å². The van der Waals surface area contributed by atoms with E-state index in [1.165, 1.54) is 38.5 Å². The van der Waals surface area contributed by atoms with Crippen LogP contribution in [0.4, 0.5) is 39.8 Å². The lowest BCUT2D eigenvalue weighted by Crippen LogP contribution is -2.62. The van der Waals surface area contributed by atoms with Gasteiger partial charge in [0.05, 0.1) is 43.4 Å². The first-order valence-electron chi connectivity index (χ1n) is 13.6. The summed E-state index contributed by atoms with van der Waals surface area (Å²) < 4.78 is 50.4. The van der Waals surface area contributed by atoms with Crippen molar-refractivity contribution in [2.24, 2.45) is 0 Å². The van der Waals surface area contributed by atoms with E-state index in [0.717, 1.165) is 17.0 Å². The Bertz CT molecular complexity index is 1650. The number of nitrogens with one attached hydrogen (secondary N) is 3. The van der Waals surface area contributed by atoms with Crippen molar-refractivity contribution in [3.05, 3.63) is 94.9 Å². The van der Waals surface area contributed by atoms with Gasteiger partial charge < -0.3 is 15.0 Å². The lowest BCUT2D eigenvalue weighted by atomic mass is 10.0. The van der Waals surface area contributed by atoms with Crippen molar-refractivity contribution < 1.29 is 37.1 Å². The van der Waals surface area contributed by atoms with Crippen LogP contribution in [0.3, 0.4) is 0 Å². The average molecular weight is 626 g/mol. The summed E-state index contributed by atoms with van der Waals surface area (Å²) in [7, 11) is 6.07. The molecular weight excluding hydrogens is 595 g/mol. The molecule has 0 aliphatic carbocycles. The second kappa shape index (κ2) is 12.9. The first-order chi connectivity index (χ1) is 21.5. The highest BCUT2D eigenvalue weighted by Gasteiger charge is 2.50. The van der Waals surface area contributed by atoms with Crippen molar-refractivity contribution in [3.8, 4) is 5.75 Å². The molecule has 0 radical (unpaired) electrons. The second-order valence-electron chi connectivity index (χ2n) is 10.3. The smallest absolute Gasteiger partial charge is 0.343 e. The van der Waals surface area contributed by atoms with Gasteiger partial charge in [0.1, 0.15) is 17.8 Å². The molecule has 2 aliphatic rings. The third-order valence-corrected chi connectivity index (χ3v) is 7.13. The van der Waals surface area contributed by atoms with Crippen molar-refractivity contribution in [1.82, 2.24) is 20.7 Å². The van der Waals surface area contributed by atoms with E-state index in [1.807, 2.05) is 0 Å². The van der Waals surface area contributed by atoms with Gasteiger partial charge in [0.25, 0.3) is 5.91 Å². The molecular formula is C30H30F3N7O5. The van der Waals surface area contributed by atoms with Crippen LogP contribution in [0.1, 0.15) is 5.56 Å². The van der Waals surface area contributed by atoms with Crippen LogP contribution in [-0.4, -0.2) is 68.8 Å². The lowest BCUT2D eigenvalue weighted by Gasteiger charge is -2.39. The number of halogens is 3. The number of hydroxylamine groups is 1. The van der Waals surface area contributed by atoms with Gasteiger partial charge in [-0.1, -0.05) is 12.1 Å². The van der Waals surface area contributed by atoms with Crippen molar-refractivity contribution in [2.75, 3.05) is 50.1 Å². The molecule has 0 saturated carbocycles. The molecule has 1 unspecified atom stereocenters. The van der Waals surface area contributed by atoms with Gasteiger partial charge in [-0.05, 0) is 62.6 Å². The minimum absolute atomic E-state index is 0.0592. The standard InChI is InChI=1S/C30H30F3N7O5/c1-37(2)16-23-25-27(35-40(23)18-13-11-17(12-14-18)34-29(42)36-45-4)38(15-19-20(31)7-5-8-21(19)32)30(43)39(28(25)41)22-9-6-10-24(44-3)26(22)33/h5-14,27,35H,15-16H2,1-4H3,(H2,34,36,42). The summed E-state index contributed by atoms with van der Waals surface area (Å²) in [5, 5.41) is 4.16. The summed E-state index contributed by atoms with van der Waals surface area (Å²) >= 11 is 0. The van der Waals surface area contributed by atoms with E-state index in [9.17, 15) is 23.2 Å². The number of urea groups is 2. The molecule has 0 aromatic heterocycles. The minimum Gasteiger partial charge on any atom is -0.494 e. The zero-order valence-corrected chi connectivity index (χ0v) is 24.7. The monoisotopic (exact) mass is 625 g/mol. The van der Waals surface area contributed by atoms with Gasteiger partial charge >= 0.3 is 12.1 Å². The zero-order chi connectivity index (χ0) is 32.4. The number of fused-ring (bicyclic) bond motifs is 1. The van der Waals surface area contributed by atoms with Gasteiger partial charge in [-0.25, -0.2) is 38.6 Å². The first-order valence-corrected chi connectivity index (χ1v) is 13.6. The summed E-state index contributed by atoms with van der Waals surface area (Å²) in [4.78, 5) is 48.2. The summed E-state index contributed by atoms with van der Waals surface area (Å²) in [6.07, 6.45) is -1.19. The van der Waals surface area contributed by atoms with Gasteiger partial charge in [-0.2, -0.15) is 0 Å². The number of methoxy groups -OCH3 is 1. The molecule has 2 aliphatic heterocycles. The van der Waals surface area contributed by atoms with E-state index in [0.29, 0.717) is 22.0 Å². The molecule has 1 fully saturated rings. The predicted octanol–water partition coefficient (Wildman–Crippen LogP) is 3.93. The molecule has 1 saturated heterocycles. The van der Waals surface area contributed by atoms with Crippen LogP contribution in [0.2, 0.25) is 0 Å². The topological polar surface area (TPSA) is 119 Å². The van der Waals surface area contributed by atoms with Crippen LogP contribution in [0, 0.1) is 17.5 Å². The fourth-order valence-corrected chi connectivity index (χ4v) is 5.14. The number of hydrogen-bond acceptors (Lipinski definition) is 8. The highest BCUT2D eigenvalue weighted by atomic mass is 19.1. The number of benzene rings is 3. The molecule has 12 nitrogen and oxygen atoms in total. The number of carbonyl (C=O) groups excluding carboxylic acids is 3. The van der Waals surface area contributed by atoms with Gasteiger partial charge in [0.15, 0.2) is 11.6 Å². The van der Waals surface area contributed by atoms with E-state index in [1.54, 1.807) is 48.3 Å². The van der Waals surface area contributed by atoms with Gasteiger partial charge in [-0.15, -0.1) is 0 Å². The van der Waals surface area contributed by atoms with Crippen molar-refractivity contribution in [1.29, 1.82) is 0 Å². The number of hydrazine groups is 1. The normalized spacial score (nSPS) is 16.4. The molecule has 3 N–H and O–H groups in total. The van der Waals surface area contributed by atoms with Crippen LogP contribution in [0.5, 0.6) is 5.75 Å². The Balaban J connectivity index is 1.64. The van der Waals surface area contributed by atoms with Gasteiger partial charge in [0, 0.05) is 17.8 Å². The summed E-state index contributed by atoms with van der Waals surface area (Å²) in [6.45, 7) is -0.417. The number of amides is 5. The Labute approximate surface area is 256 Å². The maximum absolute atomic E-state index is 15.6. The fourth-order valence-electron chi connectivity index (χ4n) is 5.14. The number of anilines is 3. The van der Waals surface area contributed by atoms with E-state index < -0.39 is 53.7 Å². The van der Waals surface area contributed by atoms with Gasteiger partial charge in [-0.3, -0.25) is 19.5 Å². The van der Waals surface area contributed by atoms with E-state index in [4.69, 9.17) is 4.74 Å². The Kier molecular flexibility index (Phi) is 8.94. The summed E-state index contributed by atoms with van der Waals surface area (Å²) in [5.74, 6) is -3.79. The Hall–Kier alpha value is -5.12. The number of hydrogen-bond donors (Lipinski definition) is 3. The summed E-state index contributed by atoms with van der Waals surface area (Å²) in [5.41, 5.74) is 5.86. The molecule has 5 rings (SSSR count). The molecule has 2 heterocycles. The maximum Gasteiger partial charge on any atom is 0.343 e. The fraction of sp³-hybridized carbons (Fsp3) is 0.233. The van der Waals surface area contributed by atoms with Gasteiger partial charge in [0.2, 0.25) is 0 Å². The summed E-state index contributed by atoms with van der Waals surface area (Å²) in [6, 6.07) is 12.2.